The second-order valence-electron chi connectivity index (χ2n) is 8.42. The van der Waals surface area contributed by atoms with E-state index in [2.05, 4.69) is 9.88 Å². The van der Waals surface area contributed by atoms with Crippen LogP contribution in [0.1, 0.15) is 31.0 Å². The molecule has 1 atom stereocenters. The number of aliphatic hydroxyl groups is 1. The van der Waals surface area contributed by atoms with E-state index in [4.69, 9.17) is 9.47 Å². The molecule has 2 saturated heterocycles. The molecule has 0 aliphatic carbocycles. The molecule has 2 aromatic rings. The highest BCUT2D eigenvalue weighted by Crippen LogP contribution is 2.39. The van der Waals surface area contributed by atoms with Crippen LogP contribution in [0.25, 0.3) is 5.76 Å². The van der Waals surface area contributed by atoms with Crippen LogP contribution in [0.15, 0.2) is 54.4 Å². The van der Waals surface area contributed by atoms with Gasteiger partial charge in [-0.1, -0.05) is 6.07 Å². The lowest BCUT2D eigenvalue weighted by Gasteiger charge is -2.30. The van der Waals surface area contributed by atoms with Crippen LogP contribution in [0.3, 0.4) is 0 Å². The number of Topliss-reactive ketones (excluding diaryl/α,β-unsaturated/α-hetero) is 1. The minimum Gasteiger partial charge on any atom is -0.507 e. The maximum Gasteiger partial charge on any atom is 0.295 e. The van der Waals surface area contributed by atoms with Crippen LogP contribution in [-0.2, 0) is 14.3 Å². The lowest BCUT2D eigenvalue weighted by molar-refractivity contribution is -0.140. The molecule has 8 nitrogen and oxygen atoms in total. The van der Waals surface area contributed by atoms with Crippen molar-refractivity contribution < 1.29 is 24.2 Å². The van der Waals surface area contributed by atoms with E-state index in [1.807, 2.05) is 19.9 Å². The van der Waals surface area contributed by atoms with Gasteiger partial charge in [0, 0.05) is 44.1 Å². The zero-order valence-electron chi connectivity index (χ0n) is 18.9. The van der Waals surface area contributed by atoms with Gasteiger partial charge in [0.25, 0.3) is 11.7 Å². The number of hydrogen-bond donors (Lipinski definition) is 1. The maximum absolute atomic E-state index is 13.1. The molecule has 0 saturated carbocycles. The maximum atomic E-state index is 13.1. The van der Waals surface area contributed by atoms with Crippen molar-refractivity contribution >= 4 is 17.4 Å². The van der Waals surface area contributed by atoms with Crippen molar-refractivity contribution in [1.29, 1.82) is 0 Å². The van der Waals surface area contributed by atoms with Gasteiger partial charge >= 0.3 is 0 Å². The number of rotatable bonds is 7. The Morgan fingerprint density at radius 2 is 1.88 bits per heavy atom. The Hall–Kier alpha value is -3.23. The van der Waals surface area contributed by atoms with Gasteiger partial charge in [-0.15, -0.1) is 0 Å². The van der Waals surface area contributed by atoms with E-state index < -0.39 is 17.7 Å². The van der Waals surface area contributed by atoms with E-state index in [1.54, 1.807) is 42.7 Å². The minimum absolute atomic E-state index is 0.0202. The molecule has 0 spiro atoms. The van der Waals surface area contributed by atoms with Crippen molar-refractivity contribution in [3.05, 3.63) is 65.5 Å². The standard InChI is InChI=1S/C25H29N3O5/c1-17(2)33-20-7-5-18(6-8-20)23(29)21-22(19-4-3-9-26-16-19)28(25(31)24(21)30)11-10-27-12-14-32-15-13-27/h3-9,16-17,22,29H,10-15H2,1-2H3/b23-21-. The minimum atomic E-state index is -0.702. The average molecular weight is 452 g/mol. The molecule has 174 valence electrons. The first-order valence-electron chi connectivity index (χ1n) is 11.2. The smallest absolute Gasteiger partial charge is 0.295 e. The monoisotopic (exact) mass is 451 g/mol. The Kier molecular flexibility index (Phi) is 7.05. The lowest BCUT2D eigenvalue weighted by atomic mass is 9.96. The van der Waals surface area contributed by atoms with Crippen molar-refractivity contribution in [1.82, 2.24) is 14.8 Å². The van der Waals surface area contributed by atoms with Gasteiger partial charge in [0.05, 0.1) is 30.9 Å². The van der Waals surface area contributed by atoms with E-state index >= 15 is 0 Å². The van der Waals surface area contributed by atoms with E-state index in [9.17, 15) is 14.7 Å². The number of carbonyl (C=O) groups excluding carboxylic acids is 2. The SMILES string of the molecule is CC(C)Oc1ccc(/C(O)=C2/C(=O)C(=O)N(CCN3CCOCC3)C2c2cccnc2)cc1. The summed E-state index contributed by atoms with van der Waals surface area (Å²) in [5, 5.41) is 11.1. The Labute approximate surface area is 193 Å². The molecule has 1 aromatic heterocycles. The van der Waals surface area contributed by atoms with Crippen molar-refractivity contribution in [3.8, 4) is 5.75 Å². The molecule has 3 heterocycles. The Balaban J connectivity index is 1.67. The summed E-state index contributed by atoms with van der Waals surface area (Å²) in [7, 11) is 0. The van der Waals surface area contributed by atoms with Crippen molar-refractivity contribution in [3.63, 3.8) is 0 Å². The lowest BCUT2D eigenvalue weighted by Crippen LogP contribution is -2.42. The summed E-state index contributed by atoms with van der Waals surface area (Å²) in [5.74, 6) is -0.840. The summed E-state index contributed by atoms with van der Waals surface area (Å²) in [6.07, 6.45) is 3.29. The van der Waals surface area contributed by atoms with E-state index in [0.29, 0.717) is 43.2 Å². The number of likely N-dealkylation sites (tertiary alicyclic amines) is 1. The predicted molar refractivity (Wildman–Crippen MR) is 123 cm³/mol. The number of hydrogen-bond acceptors (Lipinski definition) is 7. The number of pyridine rings is 1. The second-order valence-corrected chi connectivity index (χ2v) is 8.42. The fraction of sp³-hybridized carbons (Fsp3) is 0.400. The van der Waals surface area contributed by atoms with Crippen LogP contribution < -0.4 is 4.74 Å². The van der Waals surface area contributed by atoms with Gasteiger partial charge in [-0.25, -0.2) is 0 Å². The van der Waals surface area contributed by atoms with E-state index in [1.165, 1.54) is 4.90 Å². The first-order valence-corrected chi connectivity index (χ1v) is 11.2. The molecule has 1 aromatic carbocycles. The van der Waals surface area contributed by atoms with Crippen LogP contribution in [0.2, 0.25) is 0 Å². The number of aromatic nitrogens is 1. The molecule has 1 unspecified atom stereocenters. The molecule has 1 N–H and O–H groups in total. The van der Waals surface area contributed by atoms with Crippen LogP contribution >= 0.6 is 0 Å². The first kappa shape index (κ1) is 22.9. The predicted octanol–water partition coefficient (Wildman–Crippen LogP) is 2.62. The number of nitrogens with zero attached hydrogens (tertiary/aromatic N) is 3. The normalized spacial score (nSPS) is 21.1. The van der Waals surface area contributed by atoms with Crippen LogP contribution in [0, 0.1) is 0 Å². The van der Waals surface area contributed by atoms with Gasteiger partial charge in [-0.2, -0.15) is 0 Å². The van der Waals surface area contributed by atoms with Crippen molar-refractivity contribution in [2.45, 2.75) is 26.0 Å². The summed E-state index contributed by atoms with van der Waals surface area (Å²) >= 11 is 0. The average Bonchev–Trinajstić information content (AvgIpc) is 3.08. The van der Waals surface area contributed by atoms with E-state index in [0.717, 1.165) is 13.1 Å². The molecule has 1 amide bonds. The van der Waals surface area contributed by atoms with Gasteiger partial charge in [0.1, 0.15) is 11.5 Å². The Morgan fingerprint density at radius 1 is 1.15 bits per heavy atom. The molecule has 8 heteroatoms. The zero-order valence-corrected chi connectivity index (χ0v) is 18.9. The topological polar surface area (TPSA) is 92.2 Å². The summed E-state index contributed by atoms with van der Waals surface area (Å²) in [5.41, 5.74) is 1.21. The van der Waals surface area contributed by atoms with Crippen LogP contribution in [0.4, 0.5) is 0 Å². The number of ether oxygens (including phenoxy) is 2. The summed E-state index contributed by atoms with van der Waals surface area (Å²) < 4.78 is 11.1. The molecule has 0 radical (unpaired) electrons. The third-order valence-electron chi connectivity index (χ3n) is 5.80. The summed E-state index contributed by atoms with van der Waals surface area (Å²) in [6.45, 7) is 7.72. The van der Waals surface area contributed by atoms with Crippen molar-refractivity contribution in [2.24, 2.45) is 0 Å². The molecule has 2 fully saturated rings. The molecular weight excluding hydrogens is 422 g/mol. The Morgan fingerprint density at radius 3 is 2.52 bits per heavy atom. The highest BCUT2D eigenvalue weighted by molar-refractivity contribution is 6.46. The van der Waals surface area contributed by atoms with Crippen molar-refractivity contribution in [2.75, 3.05) is 39.4 Å². The molecule has 2 aliphatic heterocycles. The number of ketones is 1. The number of benzene rings is 1. The van der Waals surface area contributed by atoms with E-state index in [-0.39, 0.29) is 17.4 Å². The molecule has 2 aliphatic rings. The quantitative estimate of drug-likeness (QED) is 0.393. The number of carbonyl (C=O) groups is 2. The summed E-state index contributed by atoms with van der Waals surface area (Å²) in [6, 6.07) is 9.73. The molecular formula is C25H29N3O5. The van der Waals surface area contributed by atoms with Gasteiger partial charge < -0.3 is 19.5 Å². The largest absolute Gasteiger partial charge is 0.507 e. The molecule has 4 rings (SSSR count). The summed E-state index contributed by atoms with van der Waals surface area (Å²) in [4.78, 5) is 34.0. The zero-order chi connectivity index (χ0) is 23.4. The highest BCUT2D eigenvalue weighted by Gasteiger charge is 2.46. The number of morpholine rings is 1. The fourth-order valence-corrected chi connectivity index (χ4v) is 4.19. The number of amides is 1. The first-order chi connectivity index (χ1) is 16.0. The highest BCUT2D eigenvalue weighted by atomic mass is 16.5. The van der Waals surface area contributed by atoms with Gasteiger partial charge in [-0.3, -0.25) is 19.5 Å². The third-order valence-corrected chi connectivity index (χ3v) is 5.80. The number of aliphatic hydroxyl groups excluding tert-OH is 1. The van der Waals surface area contributed by atoms with Gasteiger partial charge in [0.15, 0.2) is 0 Å². The Bertz CT molecular complexity index is 1010. The second kappa shape index (κ2) is 10.1. The molecule has 0 bridgehead atoms. The fourth-order valence-electron chi connectivity index (χ4n) is 4.19. The van der Waals surface area contributed by atoms with Crippen LogP contribution in [0.5, 0.6) is 5.75 Å². The molecule has 33 heavy (non-hydrogen) atoms. The van der Waals surface area contributed by atoms with Gasteiger partial charge in [-0.05, 0) is 49.7 Å². The van der Waals surface area contributed by atoms with Crippen LogP contribution in [-0.4, -0.2) is 77.1 Å². The third kappa shape index (κ3) is 5.07. The van der Waals surface area contributed by atoms with Gasteiger partial charge in [0.2, 0.25) is 0 Å².